The number of carbonyl (C=O) groups is 1. The number of ether oxygens (including phenoxy) is 3. The molecule has 3 rings (SSSR count). The fourth-order valence-electron chi connectivity index (χ4n) is 2.98. The number of sulfonamides is 1. The van der Waals surface area contributed by atoms with Gasteiger partial charge in [0.15, 0.2) is 0 Å². The Morgan fingerprint density at radius 1 is 1.00 bits per heavy atom. The fraction of sp³-hybridized carbons (Fsp3) is 0.381. The first-order valence-corrected chi connectivity index (χ1v) is 11.1. The van der Waals surface area contributed by atoms with E-state index in [0.29, 0.717) is 29.4 Å². The second-order valence-electron chi connectivity index (χ2n) is 6.98. The second-order valence-corrected chi connectivity index (χ2v) is 8.70. The summed E-state index contributed by atoms with van der Waals surface area (Å²) in [6.45, 7) is 0. The summed E-state index contributed by atoms with van der Waals surface area (Å²) >= 11 is 0. The molecule has 2 aromatic rings. The molecule has 0 saturated heterocycles. The van der Waals surface area contributed by atoms with Gasteiger partial charge in [0.05, 0.1) is 31.9 Å². The average molecular weight is 435 g/mol. The summed E-state index contributed by atoms with van der Waals surface area (Å²) < 4.78 is 43.4. The molecular weight excluding hydrogens is 408 g/mol. The highest BCUT2D eigenvalue weighted by atomic mass is 32.2. The first-order valence-electron chi connectivity index (χ1n) is 9.57. The Balaban J connectivity index is 1.72. The standard InChI is InChI=1S/C21H26N2O6S/c1-27-16-7-9-19(28-2)14(12-16)4-11-21(24)22-18-13-17(8-10-20(18)29-3)30(25,26)23-15-5-6-15/h7-10,12-13,15,23H,4-6,11H2,1-3H3,(H,22,24). The van der Waals surface area contributed by atoms with Crippen molar-refractivity contribution in [1.82, 2.24) is 4.72 Å². The molecule has 1 amide bonds. The topological polar surface area (TPSA) is 103 Å². The predicted molar refractivity (Wildman–Crippen MR) is 113 cm³/mol. The van der Waals surface area contributed by atoms with Gasteiger partial charge in [0, 0.05) is 12.5 Å². The number of anilines is 1. The van der Waals surface area contributed by atoms with Crippen LogP contribution in [-0.4, -0.2) is 41.7 Å². The molecule has 162 valence electrons. The molecule has 2 N–H and O–H groups in total. The molecule has 8 nitrogen and oxygen atoms in total. The molecule has 0 radical (unpaired) electrons. The van der Waals surface area contributed by atoms with Crippen LogP contribution in [0.3, 0.4) is 0 Å². The van der Waals surface area contributed by atoms with Gasteiger partial charge in [-0.05, 0) is 61.2 Å². The molecule has 1 saturated carbocycles. The van der Waals surface area contributed by atoms with Crippen LogP contribution in [0.25, 0.3) is 0 Å². The maximum atomic E-state index is 12.6. The molecule has 0 aliphatic heterocycles. The van der Waals surface area contributed by atoms with Gasteiger partial charge >= 0.3 is 0 Å². The summed E-state index contributed by atoms with van der Waals surface area (Å²) in [5, 5.41) is 2.75. The zero-order chi connectivity index (χ0) is 21.7. The first kappa shape index (κ1) is 21.9. The van der Waals surface area contributed by atoms with E-state index in [1.165, 1.54) is 25.3 Å². The fourth-order valence-corrected chi connectivity index (χ4v) is 4.31. The van der Waals surface area contributed by atoms with Crippen LogP contribution in [0.15, 0.2) is 41.3 Å². The number of hydrogen-bond acceptors (Lipinski definition) is 6. The lowest BCUT2D eigenvalue weighted by atomic mass is 10.1. The molecule has 1 aliphatic rings. The summed E-state index contributed by atoms with van der Waals surface area (Å²) in [5.41, 5.74) is 1.14. The Morgan fingerprint density at radius 2 is 1.70 bits per heavy atom. The summed E-state index contributed by atoms with van der Waals surface area (Å²) in [7, 11) is 0.962. The Hall–Kier alpha value is -2.78. The van der Waals surface area contributed by atoms with Crippen molar-refractivity contribution in [3.05, 3.63) is 42.0 Å². The van der Waals surface area contributed by atoms with Gasteiger partial charge in [0.1, 0.15) is 17.2 Å². The van der Waals surface area contributed by atoms with E-state index >= 15 is 0 Å². The second kappa shape index (κ2) is 9.36. The number of amides is 1. The van der Waals surface area contributed by atoms with Gasteiger partial charge in [0.25, 0.3) is 0 Å². The Kier molecular flexibility index (Phi) is 6.84. The third-order valence-corrected chi connectivity index (χ3v) is 6.28. The summed E-state index contributed by atoms with van der Waals surface area (Å²) in [4.78, 5) is 12.6. The number of hydrogen-bond donors (Lipinski definition) is 2. The quantitative estimate of drug-likeness (QED) is 0.596. The smallest absolute Gasteiger partial charge is 0.240 e. The molecule has 30 heavy (non-hydrogen) atoms. The van der Waals surface area contributed by atoms with Crippen LogP contribution >= 0.6 is 0 Å². The largest absolute Gasteiger partial charge is 0.497 e. The number of methoxy groups -OCH3 is 3. The zero-order valence-corrected chi connectivity index (χ0v) is 18.0. The van der Waals surface area contributed by atoms with E-state index in [1.807, 2.05) is 6.07 Å². The molecule has 2 aromatic carbocycles. The minimum atomic E-state index is -3.64. The van der Waals surface area contributed by atoms with E-state index in [2.05, 4.69) is 10.0 Å². The predicted octanol–water partition coefficient (Wildman–Crippen LogP) is 2.72. The number of rotatable bonds is 10. The molecule has 0 atom stereocenters. The maximum Gasteiger partial charge on any atom is 0.240 e. The molecule has 0 unspecified atom stereocenters. The minimum absolute atomic E-state index is 0.00649. The maximum absolute atomic E-state index is 12.6. The molecule has 0 heterocycles. The Labute approximate surface area is 176 Å². The summed E-state index contributed by atoms with van der Waals surface area (Å²) in [6.07, 6.45) is 2.28. The van der Waals surface area contributed by atoms with Crippen molar-refractivity contribution in [1.29, 1.82) is 0 Å². The van der Waals surface area contributed by atoms with Crippen LogP contribution in [0.4, 0.5) is 5.69 Å². The van der Waals surface area contributed by atoms with Crippen molar-refractivity contribution >= 4 is 21.6 Å². The molecule has 0 spiro atoms. The first-order chi connectivity index (χ1) is 14.4. The monoisotopic (exact) mass is 434 g/mol. The van der Waals surface area contributed by atoms with E-state index < -0.39 is 10.0 Å². The van der Waals surface area contributed by atoms with Gasteiger partial charge in [-0.2, -0.15) is 0 Å². The average Bonchev–Trinajstić information content (AvgIpc) is 3.55. The molecular formula is C21H26N2O6S. The number of aryl methyl sites for hydroxylation is 1. The highest BCUT2D eigenvalue weighted by Gasteiger charge is 2.28. The van der Waals surface area contributed by atoms with E-state index in [4.69, 9.17) is 14.2 Å². The number of carbonyl (C=O) groups excluding carboxylic acids is 1. The lowest BCUT2D eigenvalue weighted by Crippen LogP contribution is -2.26. The van der Waals surface area contributed by atoms with Crippen molar-refractivity contribution in [2.24, 2.45) is 0 Å². The zero-order valence-electron chi connectivity index (χ0n) is 17.2. The third kappa shape index (κ3) is 5.43. The van der Waals surface area contributed by atoms with Gasteiger partial charge in [0.2, 0.25) is 15.9 Å². The van der Waals surface area contributed by atoms with Gasteiger partial charge in [-0.25, -0.2) is 13.1 Å². The molecule has 0 bridgehead atoms. The molecule has 0 aromatic heterocycles. The van der Waals surface area contributed by atoms with E-state index in [-0.39, 0.29) is 23.3 Å². The van der Waals surface area contributed by atoms with Crippen molar-refractivity contribution < 1.29 is 27.4 Å². The molecule has 1 aliphatic carbocycles. The van der Waals surface area contributed by atoms with E-state index in [0.717, 1.165) is 18.4 Å². The van der Waals surface area contributed by atoms with Gasteiger partial charge in [-0.15, -0.1) is 0 Å². The van der Waals surface area contributed by atoms with Crippen molar-refractivity contribution in [3.8, 4) is 17.2 Å². The molecule has 1 fully saturated rings. The van der Waals surface area contributed by atoms with Crippen LogP contribution in [0.2, 0.25) is 0 Å². The lowest BCUT2D eigenvalue weighted by Gasteiger charge is -2.14. The van der Waals surface area contributed by atoms with Crippen LogP contribution < -0.4 is 24.2 Å². The van der Waals surface area contributed by atoms with Crippen molar-refractivity contribution in [2.75, 3.05) is 26.6 Å². The number of nitrogens with one attached hydrogen (secondary N) is 2. The van der Waals surface area contributed by atoms with Gasteiger partial charge < -0.3 is 19.5 Å². The minimum Gasteiger partial charge on any atom is -0.497 e. The summed E-state index contributed by atoms with van der Waals surface area (Å²) in [5.74, 6) is 1.45. The van der Waals surface area contributed by atoms with E-state index in [9.17, 15) is 13.2 Å². The molecule has 9 heteroatoms. The van der Waals surface area contributed by atoms with Crippen LogP contribution in [0.5, 0.6) is 17.2 Å². The lowest BCUT2D eigenvalue weighted by molar-refractivity contribution is -0.116. The SMILES string of the molecule is COc1ccc(OC)c(CCC(=O)Nc2cc(S(=O)(=O)NC3CC3)ccc2OC)c1. The van der Waals surface area contributed by atoms with Crippen molar-refractivity contribution in [2.45, 2.75) is 36.6 Å². The number of benzene rings is 2. The van der Waals surface area contributed by atoms with Crippen LogP contribution in [-0.2, 0) is 21.2 Å². The van der Waals surface area contributed by atoms with Crippen molar-refractivity contribution in [3.63, 3.8) is 0 Å². The normalized spacial score (nSPS) is 13.6. The highest BCUT2D eigenvalue weighted by Crippen LogP contribution is 2.30. The Bertz CT molecular complexity index is 1020. The van der Waals surface area contributed by atoms with Gasteiger partial charge in [-0.1, -0.05) is 0 Å². The van der Waals surface area contributed by atoms with E-state index in [1.54, 1.807) is 26.4 Å². The van der Waals surface area contributed by atoms with Gasteiger partial charge in [-0.3, -0.25) is 4.79 Å². The summed E-state index contributed by atoms with van der Waals surface area (Å²) in [6, 6.07) is 9.79. The highest BCUT2D eigenvalue weighted by molar-refractivity contribution is 7.89. The third-order valence-electron chi connectivity index (χ3n) is 4.76. The Morgan fingerprint density at radius 3 is 2.33 bits per heavy atom. The van der Waals surface area contributed by atoms with Crippen LogP contribution in [0.1, 0.15) is 24.8 Å². The van der Waals surface area contributed by atoms with Crippen LogP contribution in [0, 0.1) is 0 Å².